The molecule has 2 N–H and O–H groups in total. The van der Waals surface area contributed by atoms with E-state index in [2.05, 4.69) is 46.9 Å². The van der Waals surface area contributed by atoms with Gasteiger partial charge < -0.3 is 5.73 Å². The summed E-state index contributed by atoms with van der Waals surface area (Å²) in [6.07, 6.45) is 6.75. The molecule has 15 heavy (non-hydrogen) atoms. The fourth-order valence-electron chi connectivity index (χ4n) is 2.45. The normalized spacial score (nSPS) is 20.1. The zero-order valence-electron chi connectivity index (χ0n) is 8.95. The summed E-state index contributed by atoms with van der Waals surface area (Å²) in [4.78, 5) is 0. The molecule has 1 atom stereocenters. The molecule has 82 valence electrons. The minimum atomic E-state index is 0.252. The van der Waals surface area contributed by atoms with E-state index in [0.29, 0.717) is 5.92 Å². The molecule has 1 aliphatic carbocycles. The van der Waals surface area contributed by atoms with Crippen molar-refractivity contribution in [1.29, 1.82) is 0 Å². The Morgan fingerprint density at radius 1 is 1.07 bits per heavy atom. The third kappa shape index (κ3) is 2.94. The maximum absolute atomic E-state index is 6.32. The van der Waals surface area contributed by atoms with Crippen molar-refractivity contribution in [2.24, 2.45) is 11.7 Å². The lowest BCUT2D eigenvalue weighted by Gasteiger charge is -2.27. The average Bonchev–Trinajstić information content (AvgIpc) is 2.30. The summed E-state index contributed by atoms with van der Waals surface area (Å²) in [5.41, 5.74) is 7.63. The molecule has 1 aliphatic rings. The zero-order chi connectivity index (χ0) is 10.7. The molecule has 0 aliphatic heterocycles. The Balaban J connectivity index is 2.05. The number of nitrogens with two attached hydrogens (primary N) is 1. The van der Waals surface area contributed by atoms with Gasteiger partial charge in [-0.25, -0.2) is 0 Å². The second-order valence-electron chi connectivity index (χ2n) is 4.48. The Bertz CT molecular complexity index is 301. The van der Waals surface area contributed by atoms with Crippen molar-refractivity contribution >= 4 is 22.6 Å². The summed E-state index contributed by atoms with van der Waals surface area (Å²) in [7, 11) is 0. The van der Waals surface area contributed by atoms with Crippen LogP contribution < -0.4 is 5.73 Å². The third-order valence-electron chi connectivity index (χ3n) is 3.41. The number of benzene rings is 1. The monoisotopic (exact) mass is 315 g/mol. The second-order valence-corrected chi connectivity index (χ2v) is 5.72. The molecule has 0 bridgehead atoms. The fraction of sp³-hybridized carbons (Fsp3) is 0.538. The van der Waals surface area contributed by atoms with Crippen LogP contribution in [0.5, 0.6) is 0 Å². The molecule has 1 unspecified atom stereocenters. The van der Waals surface area contributed by atoms with Gasteiger partial charge in [0.2, 0.25) is 0 Å². The van der Waals surface area contributed by atoms with Crippen LogP contribution in [0.25, 0.3) is 0 Å². The Kier molecular flexibility index (Phi) is 4.03. The Morgan fingerprint density at radius 2 is 1.67 bits per heavy atom. The van der Waals surface area contributed by atoms with Crippen molar-refractivity contribution in [2.45, 2.75) is 38.1 Å². The standard InChI is InChI=1S/C13H18IN/c14-12-8-6-11(7-9-12)13(15)10-4-2-1-3-5-10/h6-10,13H,1-5,15H2. The molecular weight excluding hydrogens is 297 g/mol. The van der Waals surface area contributed by atoms with Crippen molar-refractivity contribution < 1.29 is 0 Å². The van der Waals surface area contributed by atoms with Gasteiger partial charge in [-0.1, -0.05) is 31.4 Å². The highest BCUT2D eigenvalue weighted by atomic mass is 127. The van der Waals surface area contributed by atoms with E-state index in [9.17, 15) is 0 Å². The highest BCUT2D eigenvalue weighted by Crippen LogP contribution is 2.32. The number of rotatable bonds is 2. The lowest BCUT2D eigenvalue weighted by atomic mass is 9.82. The minimum absolute atomic E-state index is 0.252. The van der Waals surface area contributed by atoms with Gasteiger partial charge in [0.1, 0.15) is 0 Å². The van der Waals surface area contributed by atoms with Gasteiger partial charge in [0.15, 0.2) is 0 Å². The molecule has 2 heteroatoms. The van der Waals surface area contributed by atoms with Crippen molar-refractivity contribution in [3.63, 3.8) is 0 Å². The van der Waals surface area contributed by atoms with E-state index in [1.165, 1.54) is 41.2 Å². The first-order valence-electron chi connectivity index (χ1n) is 5.78. The van der Waals surface area contributed by atoms with Crippen LogP contribution in [0.2, 0.25) is 0 Å². The Labute approximate surface area is 106 Å². The van der Waals surface area contributed by atoms with Crippen LogP contribution in [-0.2, 0) is 0 Å². The molecule has 0 amide bonds. The summed E-state index contributed by atoms with van der Waals surface area (Å²) in [6, 6.07) is 8.92. The molecule has 1 nitrogen and oxygen atoms in total. The van der Waals surface area contributed by atoms with Gasteiger partial charge in [-0.2, -0.15) is 0 Å². The van der Waals surface area contributed by atoms with Crippen LogP contribution >= 0.6 is 22.6 Å². The highest BCUT2D eigenvalue weighted by molar-refractivity contribution is 14.1. The quantitative estimate of drug-likeness (QED) is 0.824. The summed E-state index contributed by atoms with van der Waals surface area (Å²) in [5, 5.41) is 0. The molecule has 0 spiro atoms. The topological polar surface area (TPSA) is 26.0 Å². The predicted octanol–water partition coefficient (Wildman–Crippen LogP) is 3.87. The van der Waals surface area contributed by atoms with E-state index < -0.39 is 0 Å². The van der Waals surface area contributed by atoms with Crippen LogP contribution in [-0.4, -0.2) is 0 Å². The minimum Gasteiger partial charge on any atom is -0.324 e. The van der Waals surface area contributed by atoms with Crippen LogP contribution in [0.4, 0.5) is 0 Å². The van der Waals surface area contributed by atoms with Crippen molar-refractivity contribution in [2.75, 3.05) is 0 Å². The van der Waals surface area contributed by atoms with Crippen LogP contribution in [0.15, 0.2) is 24.3 Å². The SMILES string of the molecule is NC(c1ccc(I)cc1)C1CCCCC1. The molecule has 0 aromatic heterocycles. The van der Waals surface area contributed by atoms with Gasteiger partial charge in [-0.3, -0.25) is 0 Å². The van der Waals surface area contributed by atoms with Gasteiger partial charge in [-0.15, -0.1) is 0 Å². The number of halogens is 1. The van der Waals surface area contributed by atoms with Crippen molar-refractivity contribution in [3.8, 4) is 0 Å². The molecule has 0 saturated heterocycles. The second kappa shape index (κ2) is 5.30. The summed E-state index contributed by atoms with van der Waals surface area (Å²) in [5.74, 6) is 0.707. The fourth-order valence-corrected chi connectivity index (χ4v) is 2.81. The van der Waals surface area contributed by atoms with Gasteiger partial charge in [0.05, 0.1) is 0 Å². The van der Waals surface area contributed by atoms with E-state index in [1.807, 2.05) is 0 Å². The predicted molar refractivity (Wildman–Crippen MR) is 72.7 cm³/mol. The average molecular weight is 315 g/mol. The lowest BCUT2D eigenvalue weighted by molar-refractivity contribution is 0.308. The molecule has 1 saturated carbocycles. The number of hydrogen-bond acceptors (Lipinski definition) is 1. The highest BCUT2D eigenvalue weighted by Gasteiger charge is 2.21. The first kappa shape index (κ1) is 11.4. The Hall–Kier alpha value is -0.0900. The van der Waals surface area contributed by atoms with Gasteiger partial charge in [0.25, 0.3) is 0 Å². The van der Waals surface area contributed by atoms with Crippen LogP contribution in [0, 0.1) is 9.49 Å². The smallest absolute Gasteiger partial charge is 0.0323 e. The van der Waals surface area contributed by atoms with Crippen LogP contribution in [0.3, 0.4) is 0 Å². The van der Waals surface area contributed by atoms with Crippen LogP contribution in [0.1, 0.15) is 43.7 Å². The summed E-state index contributed by atoms with van der Waals surface area (Å²) in [6.45, 7) is 0. The van der Waals surface area contributed by atoms with E-state index >= 15 is 0 Å². The molecule has 1 aromatic rings. The molecule has 2 rings (SSSR count). The van der Waals surface area contributed by atoms with Gasteiger partial charge >= 0.3 is 0 Å². The summed E-state index contributed by atoms with van der Waals surface area (Å²) >= 11 is 2.33. The molecular formula is C13H18IN. The van der Waals surface area contributed by atoms with E-state index in [0.717, 1.165) is 0 Å². The third-order valence-corrected chi connectivity index (χ3v) is 4.13. The Morgan fingerprint density at radius 3 is 2.27 bits per heavy atom. The first-order valence-corrected chi connectivity index (χ1v) is 6.86. The van der Waals surface area contributed by atoms with Crippen molar-refractivity contribution in [1.82, 2.24) is 0 Å². The molecule has 0 radical (unpaired) electrons. The summed E-state index contributed by atoms with van der Waals surface area (Å²) < 4.78 is 1.28. The zero-order valence-corrected chi connectivity index (χ0v) is 11.1. The van der Waals surface area contributed by atoms with Crippen molar-refractivity contribution in [3.05, 3.63) is 33.4 Å². The molecule has 1 fully saturated rings. The molecule has 1 aromatic carbocycles. The maximum atomic E-state index is 6.32. The van der Waals surface area contributed by atoms with E-state index in [-0.39, 0.29) is 6.04 Å². The van der Waals surface area contributed by atoms with E-state index in [4.69, 9.17) is 5.73 Å². The largest absolute Gasteiger partial charge is 0.324 e. The molecule has 0 heterocycles. The first-order chi connectivity index (χ1) is 7.27. The lowest BCUT2D eigenvalue weighted by Crippen LogP contribution is -2.23. The number of hydrogen-bond donors (Lipinski definition) is 1. The van der Waals surface area contributed by atoms with Gasteiger partial charge in [0, 0.05) is 9.61 Å². The van der Waals surface area contributed by atoms with E-state index in [1.54, 1.807) is 0 Å². The maximum Gasteiger partial charge on any atom is 0.0323 e. The van der Waals surface area contributed by atoms with Gasteiger partial charge in [-0.05, 0) is 59.0 Å².